The summed E-state index contributed by atoms with van der Waals surface area (Å²) in [4.78, 5) is 11.2. The molecule has 0 amide bonds. The van der Waals surface area contributed by atoms with Crippen molar-refractivity contribution in [2.24, 2.45) is 0 Å². The molecule has 0 aromatic heterocycles. The number of carbonyl (C=O) groups excluding carboxylic acids is 1. The van der Waals surface area contributed by atoms with Crippen molar-refractivity contribution in [1.82, 2.24) is 5.32 Å². The highest BCUT2D eigenvalue weighted by Gasteiger charge is 2.12. The normalized spacial score (nSPS) is 16.6. The molecule has 1 saturated carbocycles. The zero-order valence-electron chi connectivity index (χ0n) is 12.7. The summed E-state index contributed by atoms with van der Waals surface area (Å²) in [6.07, 6.45) is 9.02. The average molecular weight is 304 g/mol. The Morgan fingerprint density at radius 2 is 1.62 bits per heavy atom. The van der Waals surface area contributed by atoms with Gasteiger partial charge in [0, 0.05) is 17.3 Å². The first-order chi connectivity index (χ1) is 10.1. The van der Waals surface area contributed by atoms with Crippen molar-refractivity contribution in [1.29, 1.82) is 0 Å². The number of anilines is 1. The number of benzene rings is 1. The number of thiocarbonyl (C=S) groups is 1. The van der Waals surface area contributed by atoms with Gasteiger partial charge in [0.25, 0.3) is 0 Å². The lowest BCUT2D eigenvalue weighted by molar-refractivity contribution is 0.101. The van der Waals surface area contributed by atoms with Crippen molar-refractivity contribution >= 4 is 28.8 Å². The highest BCUT2D eigenvalue weighted by Crippen LogP contribution is 2.17. The zero-order chi connectivity index (χ0) is 15.1. The topological polar surface area (TPSA) is 41.1 Å². The lowest BCUT2D eigenvalue weighted by Crippen LogP contribution is -2.38. The maximum atomic E-state index is 11.2. The highest BCUT2D eigenvalue weighted by molar-refractivity contribution is 7.80. The fourth-order valence-corrected chi connectivity index (χ4v) is 3.03. The Labute approximate surface area is 132 Å². The van der Waals surface area contributed by atoms with Crippen LogP contribution < -0.4 is 10.6 Å². The van der Waals surface area contributed by atoms with Gasteiger partial charge in [0.15, 0.2) is 10.9 Å². The number of carbonyl (C=O) groups is 1. The lowest BCUT2D eigenvalue weighted by Gasteiger charge is -2.22. The fourth-order valence-electron chi connectivity index (χ4n) is 2.74. The van der Waals surface area contributed by atoms with Crippen LogP contribution in [0.25, 0.3) is 0 Å². The largest absolute Gasteiger partial charge is 0.360 e. The summed E-state index contributed by atoms with van der Waals surface area (Å²) in [6, 6.07) is 7.92. The Bertz CT molecular complexity index is 476. The van der Waals surface area contributed by atoms with Gasteiger partial charge in [0.1, 0.15) is 0 Å². The zero-order valence-corrected chi connectivity index (χ0v) is 13.5. The van der Waals surface area contributed by atoms with Crippen molar-refractivity contribution in [2.75, 3.05) is 5.32 Å². The minimum Gasteiger partial charge on any atom is -0.360 e. The van der Waals surface area contributed by atoms with Gasteiger partial charge in [-0.2, -0.15) is 0 Å². The third kappa shape index (κ3) is 5.46. The molecule has 1 fully saturated rings. The summed E-state index contributed by atoms with van der Waals surface area (Å²) in [5.41, 5.74) is 1.64. The number of nitrogens with one attached hydrogen (secondary N) is 2. The van der Waals surface area contributed by atoms with Crippen LogP contribution in [0.2, 0.25) is 0 Å². The van der Waals surface area contributed by atoms with E-state index in [0.29, 0.717) is 11.2 Å². The quantitative estimate of drug-likeness (QED) is 0.646. The molecule has 21 heavy (non-hydrogen) atoms. The van der Waals surface area contributed by atoms with Crippen LogP contribution in [0.1, 0.15) is 62.2 Å². The number of hydrogen-bond acceptors (Lipinski definition) is 2. The molecule has 0 unspecified atom stereocenters. The van der Waals surface area contributed by atoms with Gasteiger partial charge < -0.3 is 10.6 Å². The predicted molar refractivity (Wildman–Crippen MR) is 91.9 cm³/mol. The van der Waals surface area contributed by atoms with Crippen molar-refractivity contribution in [3.8, 4) is 0 Å². The van der Waals surface area contributed by atoms with E-state index in [-0.39, 0.29) is 5.78 Å². The molecule has 1 aliphatic carbocycles. The third-order valence-electron chi connectivity index (χ3n) is 3.99. The average Bonchev–Trinajstić information content (AvgIpc) is 2.42. The maximum absolute atomic E-state index is 11.2. The van der Waals surface area contributed by atoms with Gasteiger partial charge >= 0.3 is 0 Å². The van der Waals surface area contributed by atoms with E-state index in [4.69, 9.17) is 12.2 Å². The van der Waals surface area contributed by atoms with Gasteiger partial charge in [-0.15, -0.1) is 0 Å². The molecule has 1 aromatic carbocycles. The van der Waals surface area contributed by atoms with Gasteiger partial charge in [0.05, 0.1) is 0 Å². The number of ketones is 1. The van der Waals surface area contributed by atoms with Gasteiger partial charge in [-0.25, -0.2) is 0 Å². The van der Waals surface area contributed by atoms with Crippen LogP contribution in [0.15, 0.2) is 24.3 Å². The third-order valence-corrected chi connectivity index (χ3v) is 4.21. The Balaban J connectivity index is 1.84. The first-order valence-corrected chi connectivity index (χ1v) is 8.24. The molecule has 1 aliphatic rings. The second kappa shape index (κ2) is 8.13. The monoisotopic (exact) mass is 304 g/mol. The molecular formula is C17H24N2OS. The Morgan fingerprint density at radius 1 is 1.05 bits per heavy atom. The molecule has 1 aromatic rings. The molecule has 4 heteroatoms. The van der Waals surface area contributed by atoms with Crippen LogP contribution in [-0.4, -0.2) is 16.9 Å². The van der Waals surface area contributed by atoms with Crippen LogP contribution in [-0.2, 0) is 0 Å². The minimum absolute atomic E-state index is 0.0803. The summed E-state index contributed by atoms with van der Waals surface area (Å²) in [5, 5.41) is 7.30. The SMILES string of the molecule is CC(=O)c1ccc(NC(=S)NC2CCCCCCC2)cc1. The van der Waals surface area contributed by atoms with Gasteiger partial charge in [-0.1, -0.05) is 32.1 Å². The van der Waals surface area contributed by atoms with E-state index < -0.39 is 0 Å². The highest BCUT2D eigenvalue weighted by atomic mass is 32.1. The Kier molecular flexibility index (Phi) is 6.18. The molecule has 0 aliphatic heterocycles. The number of Topliss-reactive ketones (excluding diaryl/α,β-unsaturated/α-hetero) is 1. The molecule has 0 saturated heterocycles. The summed E-state index contributed by atoms with van der Waals surface area (Å²) < 4.78 is 0. The molecule has 0 radical (unpaired) electrons. The number of rotatable bonds is 3. The first kappa shape index (κ1) is 16.0. The summed E-state index contributed by atoms with van der Waals surface area (Å²) in [6.45, 7) is 1.57. The summed E-state index contributed by atoms with van der Waals surface area (Å²) in [7, 11) is 0. The fraction of sp³-hybridized carbons (Fsp3) is 0.529. The molecule has 114 valence electrons. The van der Waals surface area contributed by atoms with Crippen LogP contribution in [0.3, 0.4) is 0 Å². The maximum Gasteiger partial charge on any atom is 0.170 e. The molecule has 2 rings (SSSR count). The van der Waals surface area contributed by atoms with E-state index in [9.17, 15) is 4.79 Å². The van der Waals surface area contributed by atoms with Crippen molar-refractivity contribution in [3.63, 3.8) is 0 Å². The molecule has 3 nitrogen and oxygen atoms in total. The molecule has 0 spiro atoms. The van der Waals surface area contributed by atoms with Gasteiger partial charge in [-0.3, -0.25) is 4.79 Å². The van der Waals surface area contributed by atoms with Crippen molar-refractivity contribution < 1.29 is 4.79 Å². The Hall–Kier alpha value is -1.42. The van der Waals surface area contributed by atoms with E-state index in [0.717, 1.165) is 11.3 Å². The van der Waals surface area contributed by atoms with Crippen LogP contribution in [0, 0.1) is 0 Å². The Morgan fingerprint density at radius 3 is 2.19 bits per heavy atom. The van der Waals surface area contributed by atoms with Gasteiger partial charge in [-0.05, 0) is 56.2 Å². The lowest BCUT2D eigenvalue weighted by atomic mass is 9.97. The van der Waals surface area contributed by atoms with E-state index in [1.165, 1.54) is 44.9 Å². The van der Waals surface area contributed by atoms with Crippen LogP contribution in [0.5, 0.6) is 0 Å². The van der Waals surface area contributed by atoms with Crippen LogP contribution >= 0.6 is 12.2 Å². The second-order valence-corrected chi connectivity index (χ2v) is 6.18. The minimum atomic E-state index is 0.0803. The van der Waals surface area contributed by atoms with Gasteiger partial charge in [0.2, 0.25) is 0 Å². The van der Waals surface area contributed by atoms with E-state index >= 15 is 0 Å². The van der Waals surface area contributed by atoms with Crippen molar-refractivity contribution in [2.45, 2.75) is 57.9 Å². The van der Waals surface area contributed by atoms with Crippen molar-refractivity contribution in [3.05, 3.63) is 29.8 Å². The summed E-state index contributed by atoms with van der Waals surface area (Å²) in [5.74, 6) is 0.0803. The van der Waals surface area contributed by atoms with E-state index in [2.05, 4.69) is 10.6 Å². The van der Waals surface area contributed by atoms with E-state index in [1.54, 1.807) is 6.92 Å². The van der Waals surface area contributed by atoms with Crippen LogP contribution in [0.4, 0.5) is 5.69 Å². The molecule has 0 heterocycles. The standard InChI is InChI=1S/C17H24N2OS/c1-13(20)14-9-11-16(12-10-14)19-17(21)18-15-7-5-3-2-4-6-8-15/h9-12,15H,2-8H2,1H3,(H2,18,19,21). The summed E-state index contributed by atoms with van der Waals surface area (Å²) >= 11 is 5.39. The first-order valence-electron chi connectivity index (χ1n) is 7.83. The smallest absolute Gasteiger partial charge is 0.170 e. The molecular weight excluding hydrogens is 280 g/mol. The van der Waals surface area contributed by atoms with E-state index in [1.807, 2.05) is 24.3 Å². The second-order valence-electron chi connectivity index (χ2n) is 5.77. The molecule has 2 N–H and O–H groups in total. The molecule has 0 atom stereocenters. The predicted octanol–water partition coefficient (Wildman–Crippen LogP) is 4.29. The molecule has 0 bridgehead atoms. The number of hydrogen-bond donors (Lipinski definition) is 2.